The highest BCUT2D eigenvalue weighted by Gasteiger charge is 2.22. The molecule has 2 aliphatic heterocycles. The molecule has 1 aromatic rings. The number of amides is 2. The number of halogens is 1. The van der Waals surface area contributed by atoms with Crippen LogP contribution >= 0.6 is 12.4 Å². The molecule has 0 aliphatic carbocycles. The number of hydrogen-bond donors (Lipinski definition) is 2. The van der Waals surface area contributed by atoms with E-state index in [-0.39, 0.29) is 24.2 Å². The number of rotatable bonds is 5. The van der Waals surface area contributed by atoms with Gasteiger partial charge in [0, 0.05) is 30.8 Å². The van der Waals surface area contributed by atoms with Crippen molar-refractivity contribution in [1.29, 1.82) is 0 Å². The van der Waals surface area contributed by atoms with Crippen molar-refractivity contribution in [3.8, 4) is 0 Å². The van der Waals surface area contributed by atoms with Crippen molar-refractivity contribution in [2.45, 2.75) is 45.4 Å². The zero-order valence-corrected chi connectivity index (χ0v) is 17.0. The van der Waals surface area contributed by atoms with E-state index in [4.69, 9.17) is 0 Å². The van der Waals surface area contributed by atoms with Gasteiger partial charge in [0.05, 0.1) is 0 Å². The van der Waals surface area contributed by atoms with E-state index >= 15 is 0 Å². The van der Waals surface area contributed by atoms with Crippen LogP contribution in [0.25, 0.3) is 0 Å². The molecule has 0 bridgehead atoms. The SMILES string of the molecule is CC(CC(=O)Nc1cccc(C(=O)N2CCCCC2)c1)C1CCNCC1.Cl. The highest BCUT2D eigenvalue weighted by Crippen LogP contribution is 2.25. The van der Waals surface area contributed by atoms with E-state index in [1.165, 1.54) is 6.42 Å². The summed E-state index contributed by atoms with van der Waals surface area (Å²) in [5.41, 5.74) is 1.38. The maximum absolute atomic E-state index is 12.6. The highest BCUT2D eigenvalue weighted by molar-refractivity contribution is 5.97. The predicted octanol–water partition coefficient (Wildman–Crippen LogP) is 3.70. The molecule has 2 aliphatic rings. The number of benzene rings is 1. The second-order valence-corrected chi connectivity index (χ2v) is 7.75. The molecule has 150 valence electrons. The van der Waals surface area contributed by atoms with E-state index in [0.717, 1.165) is 57.5 Å². The summed E-state index contributed by atoms with van der Waals surface area (Å²) in [6.45, 7) is 5.95. The van der Waals surface area contributed by atoms with Gasteiger partial charge in [-0.05, 0) is 75.2 Å². The van der Waals surface area contributed by atoms with E-state index in [0.29, 0.717) is 23.8 Å². The molecule has 2 fully saturated rings. The van der Waals surface area contributed by atoms with Gasteiger partial charge in [0.1, 0.15) is 0 Å². The van der Waals surface area contributed by atoms with E-state index < -0.39 is 0 Å². The molecule has 2 amide bonds. The number of likely N-dealkylation sites (tertiary alicyclic amines) is 1. The number of nitrogens with zero attached hydrogens (tertiary/aromatic N) is 1. The Morgan fingerprint density at radius 3 is 2.59 bits per heavy atom. The van der Waals surface area contributed by atoms with Crippen molar-refractivity contribution in [3.05, 3.63) is 29.8 Å². The Bertz CT molecular complexity index is 626. The molecule has 0 aromatic heterocycles. The Labute approximate surface area is 168 Å². The Hall–Kier alpha value is -1.59. The summed E-state index contributed by atoms with van der Waals surface area (Å²) in [4.78, 5) is 27.0. The fourth-order valence-electron chi connectivity index (χ4n) is 4.09. The van der Waals surface area contributed by atoms with Gasteiger partial charge >= 0.3 is 0 Å². The average Bonchev–Trinajstić information content (AvgIpc) is 2.69. The van der Waals surface area contributed by atoms with Crippen molar-refractivity contribution in [3.63, 3.8) is 0 Å². The van der Waals surface area contributed by atoms with E-state index in [2.05, 4.69) is 17.6 Å². The second-order valence-electron chi connectivity index (χ2n) is 7.75. The minimum absolute atomic E-state index is 0. The molecule has 1 atom stereocenters. The lowest BCUT2D eigenvalue weighted by molar-refractivity contribution is -0.117. The molecule has 2 heterocycles. The van der Waals surface area contributed by atoms with Crippen LogP contribution in [0.3, 0.4) is 0 Å². The van der Waals surface area contributed by atoms with Gasteiger partial charge in [-0.2, -0.15) is 0 Å². The monoisotopic (exact) mass is 393 g/mol. The van der Waals surface area contributed by atoms with E-state index in [1.54, 1.807) is 0 Å². The number of anilines is 1. The first-order chi connectivity index (χ1) is 12.6. The Kier molecular flexibility index (Phi) is 8.58. The summed E-state index contributed by atoms with van der Waals surface area (Å²) in [6.07, 6.45) is 6.19. The van der Waals surface area contributed by atoms with Gasteiger partial charge in [-0.25, -0.2) is 0 Å². The molecule has 0 radical (unpaired) electrons. The maximum Gasteiger partial charge on any atom is 0.253 e. The smallest absolute Gasteiger partial charge is 0.253 e. The lowest BCUT2D eigenvalue weighted by Crippen LogP contribution is -2.35. The van der Waals surface area contributed by atoms with Crippen molar-refractivity contribution in [2.75, 3.05) is 31.5 Å². The van der Waals surface area contributed by atoms with Gasteiger partial charge in [0.25, 0.3) is 5.91 Å². The summed E-state index contributed by atoms with van der Waals surface area (Å²) in [5, 5.41) is 6.35. The number of carbonyl (C=O) groups excluding carboxylic acids is 2. The van der Waals surface area contributed by atoms with Crippen LogP contribution in [0.1, 0.15) is 55.8 Å². The second kappa shape index (κ2) is 10.7. The molecule has 27 heavy (non-hydrogen) atoms. The molecule has 2 saturated heterocycles. The van der Waals surface area contributed by atoms with Crippen LogP contribution in [-0.4, -0.2) is 42.9 Å². The summed E-state index contributed by atoms with van der Waals surface area (Å²) in [5.74, 6) is 1.12. The highest BCUT2D eigenvalue weighted by atomic mass is 35.5. The topological polar surface area (TPSA) is 61.4 Å². The van der Waals surface area contributed by atoms with Gasteiger partial charge in [0.2, 0.25) is 5.91 Å². The fourth-order valence-corrected chi connectivity index (χ4v) is 4.09. The zero-order valence-electron chi connectivity index (χ0n) is 16.2. The largest absolute Gasteiger partial charge is 0.339 e. The lowest BCUT2D eigenvalue weighted by atomic mass is 9.84. The van der Waals surface area contributed by atoms with Crippen LogP contribution < -0.4 is 10.6 Å². The Balaban J connectivity index is 0.00000261. The quantitative estimate of drug-likeness (QED) is 0.801. The first-order valence-electron chi connectivity index (χ1n) is 10.0. The van der Waals surface area contributed by atoms with Crippen molar-refractivity contribution in [2.24, 2.45) is 11.8 Å². The zero-order chi connectivity index (χ0) is 18.4. The summed E-state index contributed by atoms with van der Waals surface area (Å²) >= 11 is 0. The van der Waals surface area contributed by atoms with Crippen LogP contribution in [0.4, 0.5) is 5.69 Å². The van der Waals surface area contributed by atoms with Crippen LogP contribution in [0, 0.1) is 11.8 Å². The number of piperidine rings is 2. The van der Waals surface area contributed by atoms with Gasteiger partial charge in [-0.15, -0.1) is 12.4 Å². The predicted molar refractivity (Wildman–Crippen MR) is 111 cm³/mol. The molecule has 1 aromatic carbocycles. The molecule has 0 saturated carbocycles. The minimum Gasteiger partial charge on any atom is -0.339 e. The summed E-state index contributed by atoms with van der Waals surface area (Å²) < 4.78 is 0. The molecule has 1 unspecified atom stereocenters. The van der Waals surface area contributed by atoms with Crippen molar-refractivity contribution < 1.29 is 9.59 Å². The third-order valence-corrected chi connectivity index (χ3v) is 5.73. The van der Waals surface area contributed by atoms with Crippen LogP contribution in [0.2, 0.25) is 0 Å². The molecule has 2 N–H and O–H groups in total. The van der Waals surface area contributed by atoms with E-state index in [1.807, 2.05) is 29.2 Å². The van der Waals surface area contributed by atoms with Crippen molar-refractivity contribution in [1.82, 2.24) is 10.2 Å². The first-order valence-corrected chi connectivity index (χ1v) is 10.0. The van der Waals surface area contributed by atoms with Crippen molar-refractivity contribution >= 4 is 29.9 Å². The molecule has 0 spiro atoms. The standard InChI is InChI=1S/C21H31N3O2.ClH/c1-16(17-8-10-22-11-9-17)14-20(25)23-19-7-5-6-18(15-19)21(26)24-12-3-2-4-13-24;/h5-7,15-17,22H,2-4,8-14H2,1H3,(H,23,25);1H. The molecule has 5 nitrogen and oxygen atoms in total. The maximum atomic E-state index is 12.6. The Morgan fingerprint density at radius 1 is 1.19 bits per heavy atom. The molecular weight excluding hydrogens is 362 g/mol. The van der Waals surface area contributed by atoms with Gasteiger partial charge < -0.3 is 15.5 Å². The average molecular weight is 394 g/mol. The lowest BCUT2D eigenvalue weighted by Gasteiger charge is -2.28. The summed E-state index contributed by atoms with van der Waals surface area (Å²) in [6, 6.07) is 7.36. The number of carbonyl (C=O) groups is 2. The molecular formula is C21H32ClN3O2. The van der Waals surface area contributed by atoms with Crippen LogP contribution in [0.15, 0.2) is 24.3 Å². The molecule has 6 heteroatoms. The number of nitrogens with one attached hydrogen (secondary N) is 2. The van der Waals surface area contributed by atoms with Gasteiger partial charge in [-0.3, -0.25) is 9.59 Å². The normalized spacial score (nSPS) is 19.1. The van der Waals surface area contributed by atoms with Crippen LogP contribution in [0.5, 0.6) is 0 Å². The summed E-state index contributed by atoms with van der Waals surface area (Å²) in [7, 11) is 0. The third-order valence-electron chi connectivity index (χ3n) is 5.73. The van der Waals surface area contributed by atoms with Gasteiger partial charge in [0.15, 0.2) is 0 Å². The first kappa shape index (κ1) is 21.7. The van der Waals surface area contributed by atoms with Gasteiger partial charge in [-0.1, -0.05) is 13.0 Å². The third kappa shape index (κ3) is 6.22. The Morgan fingerprint density at radius 2 is 1.89 bits per heavy atom. The fraction of sp³-hybridized carbons (Fsp3) is 0.619. The minimum atomic E-state index is 0. The van der Waals surface area contributed by atoms with Crippen LogP contribution in [-0.2, 0) is 4.79 Å². The molecule has 3 rings (SSSR count). The number of hydrogen-bond acceptors (Lipinski definition) is 3. The van der Waals surface area contributed by atoms with E-state index in [9.17, 15) is 9.59 Å².